The van der Waals surface area contributed by atoms with Crippen molar-refractivity contribution in [3.05, 3.63) is 78.6 Å². The van der Waals surface area contributed by atoms with Crippen LogP contribution in [0.3, 0.4) is 0 Å². The van der Waals surface area contributed by atoms with Gasteiger partial charge < -0.3 is 0 Å². The first-order valence-electron chi connectivity index (χ1n) is 7.30. The van der Waals surface area contributed by atoms with Crippen LogP contribution >= 0.6 is 0 Å². The van der Waals surface area contributed by atoms with Crippen molar-refractivity contribution in [1.82, 2.24) is 14.8 Å². The van der Waals surface area contributed by atoms with Crippen molar-refractivity contribution in [1.29, 1.82) is 0 Å². The van der Waals surface area contributed by atoms with Gasteiger partial charge in [-0.1, -0.05) is 60.7 Å². The summed E-state index contributed by atoms with van der Waals surface area (Å²) < 4.78 is 2.10. The van der Waals surface area contributed by atoms with Gasteiger partial charge in [-0.15, -0.1) is 10.2 Å². The molecule has 0 aliphatic carbocycles. The highest BCUT2D eigenvalue weighted by Gasteiger charge is 2.14. The van der Waals surface area contributed by atoms with Crippen molar-refractivity contribution in [2.75, 3.05) is 0 Å². The van der Waals surface area contributed by atoms with E-state index in [0.29, 0.717) is 0 Å². The Morgan fingerprint density at radius 3 is 2.32 bits per heavy atom. The van der Waals surface area contributed by atoms with Crippen LogP contribution < -0.4 is 0 Å². The van der Waals surface area contributed by atoms with Crippen LogP contribution in [-0.4, -0.2) is 14.8 Å². The zero-order valence-corrected chi connectivity index (χ0v) is 12.3. The molecule has 0 amide bonds. The number of benzene rings is 3. The fraction of sp³-hybridized carbons (Fsp3) is 0.0526. The first-order chi connectivity index (χ1) is 10.8. The Bertz CT molecular complexity index is 934. The summed E-state index contributed by atoms with van der Waals surface area (Å²) in [6.45, 7) is 1.98. The summed E-state index contributed by atoms with van der Waals surface area (Å²) in [7, 11) is 0. The fourth-order valence-corrected chi connectivity index (χ4v) is 2.84. The number of aryl methyl sites for hydroxylation is 1. The van der Waals surface area contributed by atoms with Crippen LogP contribution in [0.2, 0.25) is 0 Å². The van der Waals surface area contributed by atoms with Gasteiger partial charge in [-0.25, -0.2) is 0 Å². The molecule has 0 saturated heterocycles. The van der Waals surface area contributed by atoms with E-state index in [4.69, 9.17) is 0 Å². The van der Waals surface area contributed by atoms with Gasteiger partial charge in [0, 0.05) is 11.3 Å². The second kappa shape index (κ2) is 5.11. The molecule has 0 atom stereocenters. The lowest BCUT2D eigenvalue weighted by atomic mass is 10.0. The average Bonchev–Trinajstić information content (AvgIpc) is 2.96. The second-order valence-electron chi connectivity index (χ2n) is 5.27. The van der Waals surface area contributed by atoms with Crippen LogP contribution in [0, 0.1) is 6.92 Å². The van der Waals surface area contributed by atoms with Crippen molar-refractivity contribution in [3.63, 3.8) is 0 Å². The van der Waals surface area contributed by atoms with Crippen molar-refractivity contribution in [2.45, 2.75) is 6.92 Å². The topological polar surface area (TPSA) is 30.7 Å². The molecule has 4 aromatic rings. The van der Waals surface area contributed by atoms with E-state index in [2.05, 4.69) is 69.4 Å². The van der Waals surface area contributed by atoms with Gasteiger partial charge in [0.05, 0.1) is 0 Å². The Labute approximate surface area is 128 Å². The molecule has 22 heavy (non-hydrogen) atoms. The minimum atomic E-state index is 0.875. The van der Waals surface area contributed by atoms with Crippen LogP contribution in [0.15, 0.2) is 72.8 Å². The van der Waals surface area contributed by atoms with E-state index >= 15 is 0 Å². The molecule has 4 rings (SSSR count). The molecular formula is C19H15N3. The predicted octanol–water partition coefficient (Wildman–Crippen LogP) is 4.40. The molecule has 0 saturated carbocycles. The van der Waals surface area contributed by atoms with Gasteiger partial charge >= 0.3 is 0 Å². The van der Waals surface area contributed by atoms with Gasteiger partial charge in [0.1, 0.15) is 5.82 Å². The van der Waals surface area contributed by atoms with E-state index in [1.807, 2.05) is 25.1 Å². The second-order valence-corrected chi connectivity index (χ2v) is 5.27. The summed E-state index contributed by atoms with van der Waals surface area (Å²) in [5.74, 6) is 1.76. The molecule has 1 aromatic heterocycles. The molecule has 1 heterocycles. The van der Waals surface area contributed by atoms with E-state index in [1.165, 1.54) is 10.8 Å². The number of fused-ring (bicyclic) bond motifs is 1. The highest BCUT2D eigenvalue weighted by Crippen LogP contribution is 2.29. The number of rotatable bonds is 2. The van der Waals surface area contributed by atoms with E-state index in [-0.39, 0.29) is 0 Å². The summed E-state index contributed by atoms with van der Waals surface area (Å²) in [6, 6.07) is 24.9. The Morgan fingerprint density at radius 1 is 0.727 bits per heavy atom. The predicted molar refractivity (Wildman–Crippen MR) is 89.0 cm³/mol. The summed E-state index contributed by atoms with van der Waals surface area (Å²) in [5.41, 5.74) is 2.18. The highest BCUT2D eigenvalue weighted by atomic mass is 15.3. The Hall–Kier alpha value is -2.94. The molecule has 0 bridgehead atoms. The number of hydrogen-bond acceptors (Lipinski definition) is 2. The third kappa shape index (κ3) is 1.99. The maximum atomic E-state index is 4.43. The monoisotopic (exact) mass is 285 g/mol. The first kappa shape index (κ1) is 12.8. The van der Waals surface area contributed by atoms with Crippen LogP contribution in [0.1, 0.15) is 5.82 Å². The van der Waals surface area contributed by atoms with Crippen LogP contribution in [0.4, 0.5) is 0 Å². The van der Waals surface area contributed by atoms with E-state index < -0.39 is 0 Å². The highest BCUT2D eigenvalue weighted by molar-refractivity contribution is 5.95. The molecule has 0 fully saturated rings. The fourth-order valence-electron chi connectivity index (χ4n) is 2.84. The van der Waals surface area contributed by atoms with Gasteiger partial charge in [0.25, 0.3) is 0 Å². The maximum absolute atomic E-state index is 4.43. The van der Waals surface area contributed by atoms with E-state index in [1.54, 1.807) is 0 Å². The van der Waals surface area contributed by atoms with Gasteiger partial charge in [-0.2, -0.15) is 0 Å². The first-order valence-corrected chi connectivity index (χ1v) is 7.30. The lowest BCUT2D eigenvalue weighted by molar-refractivity contribution is 0.972. The summed E-state index contributed by atoms with van der Waals surface area (Å²) in [5, 5.41) is 11.1. The summed E-state index contributed by atoms with van der Waals surface area (Å²) in [6.07, 6.45) is 0. The molecule has 3 nitrogen and oxygen atoms in total. The number of aromatic nitrogens is 3. The molecule has 0 aliphatic rings. The van der Waals surface area contributed by atoms with Crippen molar-refractivity contribution in [3.8, 4) is 17.1 Å². The molecule has 0 aliphatic heterocycles. The molecule has 106 valence electrons. The molecular weight excluding hydrogens is 270 g/mol. The van der Waals surface area contributed by atoms with Gasteiger partial charge in [-0.3, -0.25) is 4.57 Å². The summed E-state index contributed by atoms with van der Waals surface area (Å²) in [4.78, 5) is 0. The Balaban J connectivity index is 2.01. The zero-order valence-electron chi connectivity index (χ0n) is 12.3. The number of hydrogen-bond donors (Lipinski definition) is 0. The smallest absolute Gasteiger partial charge is 0.169 e. The number of para-hydroxylation sites is 1. The molecule has 0 spiro atoms. The standard InChI is InChI=1S/C19H15N3/c1-14-20-21-19(22(14)16-10-3-2-4-11-16)18-13-7-9-15-8-5-6-12-17(15)18/h2-13H,1H3. The maximum Gasteiger partial charge on any atom is 0.169 e. The minimum absolute atomic E-state index is 0.875. The van der Waals surface area contributed by atoms with Crippen LogP contribution in [-0.2, 0) is 0 Å². The van der Waals surface area contributed by atoms with E-state index in [9.17, 15) is 0 Å². The number of nitrogens with zero attached hydrogens (tertiary/aromatic N) is 3. The lowest BCUT2D eigenvalue weighted by Crippen LogP contribution is -1.99. The molecule has 0 unspecified atom stereocenters. The minimum Gasteiger partial charge on any atom is -0.279 e. The van der Waals surface area contributed by atoms with Crippen LogP contribution in [0.25, 0.3) is 27.8 Å². The quantitative estimate of drug-likeness (QED) is 0.546. The van der Waals surface area contributed by atoms with Gasteiger partial charge in [0.2, 0.25) is 0 Å². The SMILES string of the molecule is Cc1nnc(-c2cccc3ccccc23)n1-c1ccccc1. The van der Waals surface area contributed by atoms with Crippen molar-refractivity contribution in [2.24, 2.45) is 0 Å². The van der Waals surface area contributed by atoms with Gasteiger partial charge in [0.15, 0.2) is 5.82 Å². The normalized spacial score (nSPS) is 11.0. The van der Waals surface area contributed by atoms with Gasteiger partial charge in [-0.05, 0) is 29.8 Å². The van der Waals surface area contributed by atoms with Crippen molar-refractivity contribution < 1.29 is 0 Å². The van der Waals surface area contributed by atoms with Crippen molar-refractivity contribution >= 4 is 10.8 Å². The largest absolute Gasteiger partial charge is 0.279 e. The van der Waals surface area contributed by atoms with E-state index in [0.717, 1.165) is 22.9 Å². The Kier molecular flexibility index (Phi) is 2.97. The van der Waals surface area contributed by atoms with Crippen LogP contribution in [0.5, 0.6) is 0 Å². The molecule has 0 radical (unpaired) electrons. The zero-order chi connectivity index (χ0) is 14.9. The third-order valence-electron chi connectivity index (χ3n) is 3.87. The molecule has 3 heteroatoms. The average molecular weight is 285 g/mol. The molecule has 3 aromatic carbocycles. The third-order valence-corrected chi connectivity index (χ3v) is 3.87. The summed E-state index contributed by atoms with van der Waals surface area (Å²) >= 11 is 0. The lowest BCUT2D eigenvalue weighted by Gasteiger charge is -2.10. The Morgan fingerprint density at radius 2 is 1.45 bits per heavy atom. The molecule has 0 N–H and O–H groups in total.